The first-order chi connectivity index (χ1) is 7.61. The van der Waals surface area contributed by atoms with E-state index in [2.05, 4.69) is 4.98 Å². The highest BCUT2D eigenvalue weighted by Gasteiger charge is 2.34. The second-order valence-electron chi connectivity index (χ2n) is 3.63. The average molecular weight is 244 g/mol. The van der Waals surface area contributed by atoms with Crippen molar-refractivity contribution >= 4 is 11.8 Å². The smallest absolute Gasteiger partial charge is 0.329 e. The quantitative estimate of drug-likeness (QED) is 0.613. The molecule has 1 saturated heterocycles. The highest BCUT2D eigenvalue weighted by Crippen LogP contribution is 2.40. The Kier molecular flexibility index (Phi) is 3.17. The van der Waals surface area contributed by atoms with Gasteiger partial charge in [-0.05, 0) is 0 Å². The lowest BCUT2D eigenvalue weighted by atomic mass is 10.2. The molecule has 3 N–H and O–H groups in total. The highest BCUT2D eigenvalue weighted by molar-refractivity contribution is 8.00. The van der Waals surface area contributed by atoms with Crippen molar-refractivity contribution in [2.45, 2.75) is 23.1 Å². The topological polar surface area (TPSA) is 95.3 Å². The summed E-state index contributed by atoms with van der Waals surface area (Å²) in [6, 6.07) is 1.26. The normalized spacial score (nSPS) is 29.5. The van der Waals surface area contributed by atoms with Crippen LogP contribution in [0.5, 0.6) is 0 Å². The Morgan fingerprint density at radius 1 is 1.56 bits per heavy atom. The molecule has 1 fully saturated rings. The van der Waals surface area contributed by atoms with Gasteiger partial charge in [0.05, 0.1) is 23.3 Å². The molecule has 0 aromatic carbocycles. The molecule has 88 valence electrons. The minimum atomic E-state index is -0.626. The van der Waals surface area contributed by atoms with Gasteiger partial charge < -0.3 is 10.2 Å². The van der Waals surface area contributed by atoms with E-state index in [1.807, 2.05) is 0 Å². The van der Waals surface area contributed by atoms with Gasteiger partial charge in [0.2, 0.25) is 0 Å². The zero-order valence-electron chi connectivity index (χ0n) is 8.37. The van der Waals surface area contributed by atoms with Crippen molar-refractivity contribution in [3.05, 3.63) is 33.1 Å². The van der Waals surface area contributed by atoms with Gasteiger partial charge in [-0.15, -0.1) is 11.8 Å². The number of hydrogen-bond donors (Lipinski definition) is 3. The summed E-state index contributed by atoms with van der Waals surface area (Å²) in [5.74, 6) is 0. The van der Waals surface area contributed by atoms with E-state index in [4.69, 9.17) is 5.11 Å². The lowest BCUT2D eigenvalue weighted by Crippen LogP contribution is -2.30. The van der Waals surface area contributed by atoms with Gasteiger partial charge in [0, 0.05) is 18.7 Å². The Morgan fingerprint density at radius 2 is 2.31 bits per heavy atom. The van der Waals surface area contributed by atoms with Gasteiger partial charge in [-0.1, -0.05) is 0 Å². The zero-order valence-corrected chi connectivity index (χ0v) is 9.18. The third kappa shape index (κ3) is 2.06. The molecule has 0 saturated carbocycles. The van der Waals surface area contributed by atoms with Crippen LogP contribution in [0.2, 0.25) is 0 Å². The highest BCUT2D eigenvalue weighted by atomic mass is 32.2. The van der Waals surface area contributed by atoms with E-state index >= 15 is 0 Å². The summed E-state index contributed by atoms with van der Waals surface area (Å²) in [5, 5.41) is 18.1. The molecule has 0 bridgehead atoms. The standard InChI is InChI=1S/C9H12N2O4S/c12-4-6-5(13)3-8(16-6)11-2-1-7(14)10-9(11)15/h1-2,5-6,8,12-13H,3-4H2,(H,10,14,15)/t5-,6-,8-/m0/s1. The number of H-pyrrole nitrogens is 1. The van der Waals surface area contributed by atoms with Crippen LogP contribution in [0.25, 0.3) is 0 Å². The van der Waals surface area contributed by atoms with Gasteiger partial charge in [-0.2, -0.15) is 0 Å². The molecule has 3 atom stereocenters. The Morgan fingerprint density at radius 3 is 2.88 bits per heavy atom. The SMILES string of the molecule is O=c1ccn([C@@H]2C[C@H](O)[C@H](CO)S2)c(=O)[nH]1. The van der Waals surface area contributed by atoms with Crippen LogP contribution < -0.4 is 11.2 Å². The molecule has 6 nitrogen and oxygen atoms in total. The van der Waals surface area contributed by atoms with Crippen molar-refractivity contribution in [1.29, 1.82) is 0 Å². The van der Waals surface area contributed by atoms with E-state index in [1.165, 1.54) is 28.6 Å². The first-order valence-electron chi connectivity index (χ1n) is 4.87. The number of thioether (sulfide) groups is 1. The summed E-state index contributed by atoms with van der Waals surface area (Å²) >= 11 is 1.33. The van der Waals surface area contributed by atoms with Crippen molar-refractivity contribution in [1.82, 2.24) is 9.55 Å². The lowest BCUT2D eigenvalue weighted by Gasteiger charge is -2.11. The van der Waals surface area contributed by atoms with Crippen molar-refractivity contribution in [2.75, 3.05) is 6.61 Å². The van der Waals surface area contributed by atoms with Gasteiger partial charge >= 0.3 is 5.69 Å². The second kappa shape index (κ2) is 4.44. The molecule has 0 radical (unpaired) electrons. The van der Waals surface area contributed by atoms with Crippen molar-refractivity contribution in [2.24, 2.45) is 0 Å². The zero-order chi connectivity index (χ0) is 11.7. The number of aromatic amines is 1. The van der Waals surface area contributed by atoms with Crippen LogP contribution in [-0.4, -0.2) is 37.7 Å². The van der Waals surface area contributed by atoms with E-state index < -0.39 is 17.4 Å². The maximum Gasteiger partial charge on any atom is 0.329 e. The molecular formula is C9H12N2O4S. The van der Waals surface area contributed by atoms with Crippen LogP contribution in [0, 0.1) is 0 Å². The minimum absolute atomic E-state index is 0.125. The van der Waals surface area contributed by atoms with E-state index in [0.717, 1.165) is 0 Å². The third-order valence-corrected chi connectivity index (χ3v) is 4.09. The molecule has 2 heterocycles. The molecule has 1 aromatic heterocycles. The predicted molar refractivity (Wildman–Crippen MR) is 59.4 cm³/mol. The minimum Gasteiger partial charge on any atom is -0.395 e. The molecule has 1 aliphatic rings. The van der Waals surface area contributed by atoms with E-state index in [-0.39, 0.29) is 17.2 Å². The van der Waals surface area contributed by atoms with Crippen LogP contribution >= 0.6 is 11.8 Å². The number of aliphatic hydroxyl groups is 2. The molecule has 1 aromatic rings. The second-order valence-corrected chi connectivity index (χ2v) is 5.05. The van der Waals surface area contributed by atoms with Gasteiger partial charge in [-0.25, -0.2) is 4.79 Å². The fourth-order valence-corrected chi connectivity index (χ4v) is 3.09. The molecule has 0 unspecified atom stereocenters. The lowest BCUT2D eigenvalue weighted by molar-refractivity contribution is 0.137. The van der Waals surface area contributed by atoms with Crippen LogP contribution in [0.1, 0.15) is 11.8 Å². The fraction of sp³-hybridized carbons (Fsp3) is 0.556. The molecule has 0 spiro atoms. The van der Waals surface area contributed by atoms with Crippen LogP contribution in [0.15, 0.2) is 21.9 Å². The van der Waals surface area contributed by atoms with Gasteiger partial charge in [0.15, 0.2) is 0 Å². The summed E-state index contributed by atoms with van der Waals surface area (Å²) in [7, 11) is 0. The summed E-state index contributed by atoms with van der Waals surface area (Å²) in [6.07, 6.45) is 1.17. The summed E-state index contributed by atoms with van der Waals surface area (Å²) in [5.41, 5.74) is -0.931. The number of rotatable bonds is 2. The Bertz CT molecular complexity index is 483. The monoisotopic (exact) mass is 244 g/mol. The fourth-order valence-electron chi connectivity index (χ4n) is 1.70. The maximum atomic E-state index is 11.5. The molecule has 2 rings (SSSR count). The number of aromatic nitrogens is 2. The summed E-state index contributed by atoms with van der Waals surface area (Å²) < 4.78 is 1.37. The number of nitrogens with zero attached hydrogens (tertiary/aromatic N) is 1. The first kappa shape index (κ1) is 11.4. The van der Waals surface area contributed by atoms with Crippen LogP contribution in [-0.2, 0) is 0 Å². The van der Waals surface area contributed by atoms with Gasteiger partial charge in [-0.3, -0.25) is 14.3 Å². The molecule has 0 amide bonds. The molecule has 1 aliphatic heterocycles. The Hall–Kier alpha value is -1.05. The van der Waals surface area contributed by atoms with E-state index in [1.54, 1.807) is 0 Å². The molecule has 7 heteroatoms. The third-order valence-electron chi connectivity index (χ3n) is 2.55. The largest absolute Gasteiger partial charge is 0.395 e. The molecule has 0 aliphatic carbocycles. The van der Waals surface area contributed by atoms with E-state index in [9.17, 15) is 14.7 Å². The number of hydrogen-bond acceptors (Lipinski definition) is 5. The maximum absolute atomic E-state index is 11.5. The molecular weight excluding hydrogens is 232 g/mol. The summed E-state index contributed by atoms with van der Waals surface area (Å²) in [4.78, 5) is 24.5. The summed E-state index contributed by atoms with van der Waals surface area (Å²) in [6.45, 7) is -0.125. The first-order valence-corrected chi connectivity index (χ1v) is 5.82. The van der Waals surface area contributed by atoms with Crippen molar-refractivity contribution < 1.29 is 10.2 Å². The Labute approximate surface area is 94.9 Å². The molecule has 16 heavy (non-hydrogen) atoms. The van der Waals surface area contributed by atoms with E-state index in [0.29, 0.717) is 6.42 Å². The van der Waals surface area contributed by atoms with Gasteiger partial charge in [0.25, 0.3) is 5.56 Å². The van der Waals surface area contributed by atoms with Crippen LogP contribution in [0.4, 0.5) is 0 Å². The van der Waals surface area contributed by atoms with Crippen molar-refractivity contribution in [3.8, 4) is 0 Å². The predicted octanol–water partition coefficient (Wildman–Crippen LogP) is -1.11. The number of nitrogens with one attached hydrogen (secondary N) is 1. The van der Waals surface area contributed by atoms with Gasteiger partial charge in [0.1, 0.15) is 0 Å². The van der Waals surface area contributed by atoms with Crippen molar-refractivity contribution in [3.63, 3.8) is 0 Å². The average Bonchev–Trinajstić information content (AvgIpc) is 2.59. The van der Waals surface area contributed by atoms with Crippen LogP contribution in [0.3, 0.4) is 0 Å². The Balaban J connectivity index is 2.27. The number of aliphatic hydroxyl groups excluding tert-OH is 2.